The van der Waals surface area contributed by atoms with Crippen LogP contribution in [0.3, 0.4) is 0 Å². The predicted molar refractivity (Wildman–Crippen MR) is 65.9 cm³/mol. The average molecular weight is 251 g/mol. The largest absolute Gasteiger partial charge is 0.504 e. The molecule has 1 heterocycles. The summed E-state index contributed by atoms with van der Waals surface area (Å²) in [4.78, 5) is 12.3. The normalized spacial score (nSPS) is 19.6. The Labute approximate surface area is 106 Å². The Hall–Kier alpha value is -1.91. The maximum Gasteiger partial charge on any atom is 0.407 e. The predicted octanol–water partition coefficient (Wildman–Crippen LogP) is 2.16. The lowest BCUT2D eigenvalue weighted by atomic mass is 9.99. The van der Waals surface area contributed by atoms with Gasteiger partial charge in [-0.05, 0) is 25.0 Å². The quantitative estimate of drug-likeness (QED) is 0.863. The third-order valence-electron chi connectivity index (χ3n) is 3.13. The van der Waals surface area contributed by atoms with Crippen LogP contribution in [0.4, 0.5) is 4.79 Å². The first-order chi connectivity index (χ1) is 8.66. The molecule has 1 fully saturated rings. The van der Waals surface area contributed by atoms with Crippen LogP contribution in [0.5, 0.6) is 11.5 Å². The van der Waals surface area contributed by atoms with Crippen LogP contribution in [0.1, 0.15) is 12.8 Å². The fourth-order valence-electron chi connectivity index (χ4n) is 2.16. The molecular weight excluding hydrogens is 234 g/mol. The summed E-state index contributed by atoms with van der Waals surface area (Å²) in [7, 11) is 0. The molecule has 1 aromatic carbocycles. The van der Waals surface area contributed by atoms with Gasteiger partial charge in [-0.15, -0.1) is 0 Å². The fraction of sp³-hybridized carbons (Fsp3) is 0.462. The molecule has 1 aliphatic heterocycles. The minimum Gasteiger partial charge on any atom is -0.504 e. The molecule has 2 N–H and O–H groups in total. The van der Waals surface area contributed by atoms with Gasteiger partial charge >= 0.3 is 6.09 Å². The maximum absolute atomic E-state index is 10.9. The van der Waals surface area contributed by atoms with Crippen molar-refractivity contribution in [2.75, 3.05) is 19.7 Å². The second-order valence-corrected chi connectivity index (χ2v) is 4.52. The molecule has 18 heavy (non-hydrogen) atoms. The number of aromatic hydroxyl groups is 1. The number of piperidine rings is 1. The van der Waals surface area contributed by atoms with E-state index in [9.17, 15) is 9.90 Å². The van der Waals surface area contributed by atoms with Gasteiger partial charge in [-0.3, -0.25) is 0 Å². The second-order valence-electron chi connectivity index (χ2n) is 4.52. The van der Waals surface area contributed by atoms with E-state index in [1.54, 1.807) is 24.3 Å². The number of amides is 1. The Balaban J connectivity index is 1.87. The Bertz CT molecular complexity index is 421. The molecule has 0 bridgehead atoms. The van der Waals surface area contributed by atoms with E-state index in [0.717, 1.165) is 12.8 Å². The van der Waals surface area contributed by atoms with E-state index in [1.165, 1.54) is 4.90 Å². The van der Waals surface area contributed by atoms with Gasteiger partial charge in [-0.1, -0.05) is 12.1 Å². The van der Waals surface area contributed by atoms with Crippen molar-refractivity contribution >= 4 is 6.09 Å². The van der Waals surface area contributed by atoms with Crippen molar-refractivity contribution in [1.29, 1.82) is 0 Å². The second kappa shape index (κ2) is 5.62. The zero-order chi connectivity index (χ0) is 13.0. The molecule has 98 valence electrons. The van der Waals surface area contributed by atoms with E-state index in [1.807, 2.05) is 0 Å². The number of carbonyl (C=O) groups is 1. The van der Waals surface area contributed by atoms with Crippen LogP contribution >= 0.6 is 0 Å². The average Bonchev–Trinajstić information content (AvgIpc) is 2.38. The molecule has 0 spiro atoms. The Kier molecular flexibility index (Phi) is 3.92. The van der Waals surface area contributed by atoms with Gasteiger partial charge in [-0.25, -0.2) is 4.79 Å². The van der Waals surface area contributed by atoms with E-state index >= 15 is 0 Å². The highest BCUT2D eigenvalue weighted by Gasteiger charge is 2.23. The third-order valence-corrected chi connectivity index (χ3v) is 3.13. The highest BCUT2D eigenvalue weighted by atomic mass is 16.5. The summed E-state index contributed by atoms with van der Waals surface area (Å²) in [6.07, 6.45) is 0.945. The first-order valence-electron chi connectivity index (χ1n) is 6.05. The number of phenols is 1. The molecule has 0 radical (unpaired) electrons. The summed E-state index contributed by atoms with van der Waals surface area (Å²) in [6, 6.07) is 6.79. The van der Waals surface area contributed by atoms with Crippen molar-refractivity contribution in [3.05, 3.63) is 24.3 Å². The minimum atomic E-state index is -0.873. The van der Waals surface area contributed by atoms with E-state index in [-0.39, 0.29) is 11.7 Å². The first kappa shape index (κ1) is 12.5. The first-order valence-corrected chi connectivity index (χ1v) is 6.05. The van der Waals surface area contributed by atoms with Gasteiger partial charge in [0.25, 0.3) is 0 Å². The number of carboxylic acid groups (broad SMARTS) is 1. The Morgan fingerprint density at radius 2 is 2.22 bits per heavy atom. The maximum atomic E-state index is 10.9. The number of hydrogen-bond donors (Lipinski definition) is 2. The molecule has 0 saturated carbocycles. The monoisotopic (exact) mass is 251 g/mol. The number of nitrogens with zero attached hydrogens (tertiary/aromatic N) is 1. The van der Waals surface area contributed by atoms with Gasteiger partial charge in [0.05, 0.1) is 6.61 Å². The molecule has 1 atom stereocenters. The third kappa shape index (κ3) is 3.06. The van der Waals surface area contributed by atoms with E-state index in [4.69, 9.17) is 9.84 Å². The topological polar surface area (TPSA) is 70.0 Å². The SMILES string of the molecule is O=C(O)N1CCC[C@H](COc2ccccc2O)C1. The van der Waals surface area contributed by atoms with Crippen LogP contribution in [0.25, 0.3) is 0 Å². The van der Waals surface area contributed by atoms with Crippen LogP contribution < -0.4 is 4.74 Å². The minimum absolute atomic E-state index is 0.114. The highest BCUT2D eigenvalue weighted by molar-refractivity contribution is 5.65. The van der Waals surface area contributed by atoms with Gasteiger partial charge in [0.15, 0.2) is 11.5 Å². The molecule has 1 aliphatic rings. The summed E-state index contributed by atoms with van der Waals surface area (Å²) in [6.45, 7) is 1.53. The van der Waals surface area contributed by atoms with Crippen LogP contribution in [-0.4, -0.2) is 40.9 Å². The lowest BCUT2D eigenvalue weighted by molar-refractivity contribution is 0.104. The summed E-state index contributed by atoms with van der Waals surface area (Å²) in [5.41, 5.74) is 0. The van der Waals surface area contributed by atoms with Crippen molar-refractivity contribution in [2.24, 2.45) is 5.92 Å². The molecular formula is C13H17NO4. The molecule has 0 aromatic heterocycles. The molecule has 0 unspecified atom stereocenters. The molecule has 1 amide bonds. The number of hydrogen-bond acceptors (Lipinski definition) is 3. The molecule has 5 nitrogen and oxygen atoms in total. The lowest BCUT2D eigenvalue weighted by Gasteiger charge is -2.30. The smallest absolute Gasteiger partial charge is 0.407 e. The van der Waals surface area contributed by atoms with E-state index < -0.39 is 6.09 Å². The molecule has 5 heteroatoms. The number of benzene rings is 1. The van der Waals surface area contributed by atoms with Crippen LogP contribution in [0.15, 0.2) is 24.3 Å². The summed E-state index contributed by atoms with van der Waals surface area (Å²) in [5.74, 6) is 0.753. The zero-order valence-corrected chi connectivity index (χ0v) is 10.1. The molecule has 1 saturated heterocycles. The van der Waals surface area contributed by atoms with Crippen LogP contribution in [0.2, 0.25) is 0 Å². The van der Waals surface area contributed by atoms with Gasteiger partial charge in [0.1, 0.15) is 0 Å². The summed E-state index contributed by atoms with van der Waals surface area (Å²) < 4.78 is 5.53. The van der Waals surface area contributed by atoms with Crippen LogP contribution in [-0.2, 0) is 0 Å². The van der Waals surface area contributed by atoms with Crippen LogP contribution in [0, 0.1) is 5.92 Å². The number of para-hydroxylation sites is 2. The van der Waals surface area contributed by atoms with E-state index in [0.29, 0.717) is 25.4 Å². The number of phenolic OH excluding ortho intramolecular Hbond substituents is 1. The fourth-order valence-corrected chi connectivity index (χ4v) is 2.16. The van der Waals surface area contributed by atoms with E-state index in [2.05, 4.69) is 0 Å². The van der Waals surface area contributed by atoms with Crippen molar-refractivity contribution in [2.45, 2.75) is 12.8 Å². The van der Waals surface area contributed by atoms with Gasteiger partial charge in [-0.2, -0.15) is 0 Å². The van der Waals surface area contributed by atoms with Gasteiger partial charge in [0, 0.05) is 19.0 Å². The number of ether oxygens (including phenoxy) is 1. The van der Waals surface area contributed by atoms with Crippen molar-refractivity contribution in [3.8, 4) is 11.5 Å². The van der Waals surface area contributed by atoms with Gasteiger partial charge in [0.2, 0.25) is 0 Å². The van der Waals surface area contributed by atoms with Crippen molar-refractivity contribution in [1.82, 2.24) is 4.90 Å². The Morgan fingerprint density at radius 3 is 2.94 bits per heavy atom. The number of likely N-dealkylation sites (tertiary alicyclic amines) is 1. The van der Waals surface area contributed by atoms with Crippen molar-refractivity contribution < 1.29 is 19.7 Å². The van der Waals surface area contributed by atoms with Gasteiger partial charge < -0.3 is 19.8 Å². The van der Waals surface area contributed by atoms with Crippen molar-refractivity contribution in [3.63, 3.8) is 0 Å². The lowest BCUT2D eigenvalue weighted by Crippen LogP contribution is -2.40. The summed E-state index contributed by atoms with van der Waals surface area (Å²) in [5, 5.41) is 18.5. The molecule has 2 rings (SSSR count). The highest BCUT2D eigenvalue weighted by Crippen LogP contribution is 2.26. The standard InChI is InChI=1S/C13H17NO4/c15-11-5-1-2-6-12(11)18-9-10-4-3-7-14(8-10)13(16)17/h1-2,5-6,10,15H,3-4,7-9H2,(H,16,17)/t10-/m0/s1. The number of rotatable bonds is 3. The molecule has 1 aromatic rings. The Morgan fingerprint density at radius 1 is 1.44 bits per heavy atom. The molecule has 0 aliphatic carbocycles. The summed E-state index contributed by atoms with van der Waals surface area (Å²) >= 11 is 0. The zero-order valence-electron chi connectivity index (χ0n) is 10.1.